The first-order valence-electron chi connectivity index (χ1n) is 12.3. The van der Waals surface area contributed by atoms with E-state index in [4.69, 9.17) is 4.74 Å². The zero-order chi connectivity index (χ0) is 25.3. The normalized spacial score (nSPS) is 13.9. The highest BCUT2D eigenvalue weighted by Crippen LogP contribution is 2.29. The average Bonchev–Trinajstić information content (AvgIpc) is 3.40. The van der Waals surface area contributed by atoms with Crippen LogP contribution in [0.2, 0.25) is 0 Å². The number of hydrogen-bond acceptors (Lipinski definition) is 7. The van der Waals surface area contributed by atoms with Crippen LogP contribution in [0.15, 0.2) is 60.0 Å². The third-order valence-electron chi connectivity index (χ3n) is 6.34. The van der Waals surface area contributed by atoms with Crippen molar-refractivity contribution in [3.8, 4) is 5.75 Å². The number of amides is 2. The van der Waals surface area contributed by atoms with E-state index in [1.165, 1.54) is 11.3 Å². The molecule has 3 aromatic rings. The van der Waals surface area contributed by atoms with E-state index >= 15 is 0 Å². The molecule has 190 valence electrons. The zero-order valence-corrected chi connectivity index (χ0v) is 21.7. The molecule has 0 saturated carbocycles. The number of rotatable bonds is 10. The lowest BCUT2D eigenvalue weighted by Gasteiger charge is -2.34. The lowest BCUT2D eigenvalue weighted by molar-refractivity contribution is -0.133. The average molecular weight is 508 g/mol. The highest BCUT2D eigenvalue weighted by Gasteiger charge is 2.24. The summed E-state index contributed by atoms with van der Waals surface area (Å²) in [5, 5.41) is 5.59. The molecule has 2 amide bonds. The number of aromatic nitrogens is 1. The molecule has 1 saturated heterocycles. The number of carbonyl (C=O) groups excluding carboxylic acids is 2. The van der Waals surface area contributed by atoms with E-state index in [1.54, 1.807) is 17.4 Å². The lowest BCUT2D eigenvalue weighted by atomic mass is 10.2. The van der Waals surface area contributed by atoms with Crippen LogP contribution >= 0.6 is 11.3 Å². The Kier molecular flexibility index (Phi) is 8.91. The summed E-state index contributed by atoms with van der Waals surface area (Å²) in [4.78, 5) is 36.9. The Balaban J connectivity index is 1.44. The molecular weight excluding hydrogens is 474 g/mol. The highest BCUT2D eigenvalue weighted by molar-refractivity contribution is 7.14. The second kappa shape index (κ2) is 12.5. The Labute approximate surface area is 216 Å². The van der Waals surface area contributed by atoms with Crippen LogP contribution in [0.1, 0.15) is 29.4 Å². The summed E-state index contributed by atoms with van der Waals surface area (Å²) in [5.74, 6) is 0.602. The number of ether oxygens (including phenoxy) is 1. The van der Waals surface area contributed by atoms with E-state index in [2.05, 4.69) is 22.1 Å². The van der Waals surface area contributed by atoms with E-state index in [1.807, 2.05) is 59.5 Å². The van der Waals surface area contributed by atoms with Gasteiger partial charge < -0.3 is 24.8 Å². The number of methoxy groups -OCH3 is 1. The number of carbonyl (C=O) groups is 2. The van der Waals surface area contributed by atoms with Gasteiger partial charge in [-0.05, 0) is 24.2 Å². The van der Waals surface area contributed by atoms with Crippen LogP contribution in [0, 0.1) is 0 Å². The quantitative estimate of drug-likeness (QED) is 0.445. The summed E-state index contributed by atoms with van der Waals surface area (Å²) < 4.78 is 5.39. The van der Waals surface area contributed by atoms with Gasteiger partial charge >= 0.3 is 0 Å². The number of likely N-dealkylation sites (N-methyl/N-ethyl adjacent to an activating group) is 1. The predicted octanol–water partition coefficient (Wildman–Crippen LogP) is 4.09. The first kappa shape index (κ1) is 25.7. The summed E-state index contributed by atoms with van der Waals surface area (Å²) in [6, 6.07) is 17.4. The van der Waals surface area contributed by atoms with Gasteiger partial charge in [-0.25, -0.2) is 4.98 Å². The van der Waals surface area contributed by atoms with Gasteiger partial charge in [0.1, 0.15) is 11.4 Å². The van der Waals surface area contributed by atoms with Crippen molar-refractivity contribution < 1.29 is 14.3 Å². The summed E-state index contributed by atoms with van der Waals surface area (Å²) in [7, 11) is 1.61. The van der Waals surface area contributed by atoms with Gasteiger partial charge in [0, 0.05) is 51.1 Å². The van der Waals surface area contributed by atoms with Gasteiger partial charge in [-0.1, -0.05) is 49.4 Å². The van der Waals surface area contributed by atoms with E-state index < -0.39 is 0 Å². The number of para-hydroxylation sites is 2. The standard InChI is InChI=1S/C27H33N5O3S/c1-3-30-15-17-31(18-16-30)25(33)13-14-32(19-21-9-5-4-6-10-21)26(34)23-20-36-27(29-23)28-22-11-7-8-12-24(22)35-2/h4-12,20H,3,13-19H2,1-2H3,(H,28,29). The van der Waals surface area contributed by atoms with Crippen molar-refractivity contribution in [2.45, 2.75) is 19.9 Å². The van der Waals surface area contributed by atoms with Crippen molar-refractivity contribution in [1.29, 1.82) is 0 Å². The highest BCUT2D eigenvalue weighted by atomic mass is 32.1. The molecule has 4 rings (SSSR count). The molecule has 0 atom stereocenters. The van der Waals surface area contributed by atoms with Crippen LogP contribution in [0.3, 0.4) is 0 Å². The van der Waals surface area contributed by atoms with E-state index in [9.17, 15) is 9.59 Å². The molecule has 1 aliphatic rings. The van der Waals surface area contributed by atoms with Gasteiger partial charge in [-0.3, -0.25) is 9.59 Å². The fourth-order valence-electron chi connectivity index (χ4n) is 4.21. The molecule has 0 spiro atoms. The van der Waals surface area contributed by atoms with Crippen LogP contribution in [0.4, 0.5) is 10.8 Å². The summed E-state index contributed by atoms with van der Waals surface area (Å²) in [6.07, 6.45) is 0.293. The SMILES string of the molecule is CCN1CCN(C(=O)CCN(Cc2ccccc2)C(=O)c2csc(Nc3ccccc3OC)n2)CC1. The minimum atomic E-state index is -0.188. The molecule has 0 aliphatic carbocycles. The molecule has 1 aliphatic heterocycles. The Hall–Kier alpha value is -3.43. The summed E-state index contributed by atoms with van der Waals surface area (Å²) >= 11 is 1.36. The second-order valence-corrected chi connectivity index (χ2v) is 9.50. The summed E-state index contributed by atoms with van der Waals surface area (Å²) in [5.41, 5.74) is 2.15. The maximum atomic E-state index is 13.5. The second-order valence-electron chi connectivity index (χ2n) is 8.64. The number of thiazole rings is 1. The van der Waals surface area contributed by atoms with E-state index in [0.717, 1.165) is 44.0 Å². The van der Waals surface area contributed by atoms with Crippen molar-refractivity contribution in [3.63, 3.8) is 0 Å². The monoisotopic (exact) mass is 507 g/mol. The number of hydrogen-bond donors (Lipinski definition) is 1. The smallest absolute Gasteiger partial charge is 0.273 e. The van der Waals surface area contributed by atoms with Crippen LogP contribution < -0.4 is 10.1 Å². The fourth-order valence-corrected chi connectivity index (χ4v) is 4.91. The lowest BCUT2D eigenvalue weighted by Crippen LogP contribution is -2.49. The molecule has 36 heavy (non-hydrogen) atoms. The number of benzene rings is 2. The number of piperazine rings is 1. The molecule has 2 aromatic carbocycles. The van der Waals surface area contributed by atoms with Crippen molar-refractivity contribution in [2.75, 3.05) is 51.7 Å². The third kappa shape index (κ3) is 6.61. The van der Waals surface area contributed by atoms with Crippen molar-refractivity contribution in [1.82, 2.24) is 19.7 Å². The molecule has 0 bridgehead atoms. The number of nitrogens with one attached hydrogen (secondary N) is 1. The van der Waals surface area contributed by atoms with E-state index in [0.29, 0.717) is 36.1 Å². The number of anilines is 2. The molecule has 0 unspecified atom stereocenters. The zero-order valence-electron chi connectivity index (χ0n) is 20.9. The minimum Gasteiger partial charge on any atom is -0.495 e. The molecule has 1 fully saturated rings. The van der Waals surface area contributed by atoms with Gasteiger partial charge in [-0.2, -0.15) is 0 Å². The minimum absolute atomic E-state index is 0.0911. The largest absolute Gasteiger partial charge is 0.495 e. The topological polar surface area (TPSA) is 78.0 Å². The van der Waals surface area contributed by atoms with Crippen molar-refractivity contribution >= 4 is 34.0 Å². The first-order chi connectivity index (χ1) is 17.6. The fraction of sp³-hybridized carbons (Fsp3) is 0.370. The van der Waals surface area contributed by atoms with E-state index in [-0.39, 0.29) is 11.8 Å². The molecule has 1 N–H and O–H groups in total. The van der Waals surface area contributed by atoms with Crippen LogP contribution in [-0.2, 0) is 11.3 Å². The van der Waals surface area contributed by atoms with Crippen molar-refractivity contribution in [3.05, 3.63) is 71.2 Å². The molecule has 1 aromatic heterocycles. The van der Waals surface area contributed by atoms with Crippen LogP contribution in [0.5, 0.6) is 5.75 Å². The maximum Gasteiger partial charge on any atom is 0.273 e. The molecule has 2 heterocycles. The summed E-state index contributed by atoms with van der Waals surface area (Å²) in [6.45, 7) is 7.18. The van der Waals surface area contributed by atoms with Gasteiger partial charge in [0.2, 0.25) is 5.91 Å². The van der Waals surface area contributed by atoms with Gasteiger partial charge in [0.05, 0.1) is 12.8 Å². The Morgan fingerprint density at radius 2 is 1.78 bits per heavy atom. The Bertz CT molecular complexity index is 1150. The van der Waals surface area contributed by atoms with Gasteiger partial charge in [0.15, 0.2) is 5.13 Å². The number of nitrogens with zero attached hydrogens (tertiary/aromatic N) is 4. The van der Waals surface area contributed by atoms with Crippen molar-refractivity contribution in [2.24, 2.45) is 0 Å². The molecular formula is C27H33N5O3S. The van der Waals surface area contributed by atoms with Gasteiger partial charge in [0.25, 0.3) is 5.91 Å². The van der Waals surface area contributed by atoms with Gasteiger partial charge in [-0.15, -0.1) is 11.3 Å². The Morgan fingerprint density at radius 1 is 1.06 bits per heavy atom. The first-order valence-corrected chi connectivity index (χ1v) is 13.1. The maximum absolute atomic E-state index is 13.5. The molecule has 0 radical (unpaired) electrons. The molecule has 8 nitrogen and oxygen atoms in total. The third-order valence-corrected chi connectivity index (χ3v) is 7.10. The molecule has 9 heteroatoms. The predicted molar refractivity (Wildman–Crippen MR) is 143 cm³/mol. The van der Waals surface area contributed by atoms with Crippen LogP contribution in [-0.4, -0.2) is 77.9 Å². The van der Waals surface area contributed by atoms with Crippen LogP contribution in [0.25, 0.3) is 0 Å². The Morgan fingerprint density at radius 3 is 2.50 bits per heavy atom.